The van der Waals surface area contributed by atoms with Crippen LogP contribution in [0.1, 0.15) is 6.42 Å². The molecule has 0 saturated carbocycles. The molecule has 0 aromatic carbocycles. The van der Waals surface area contributed by atoms with Crippen molar-refractivity contribution in [2.45, 2.75) is 15.0 Å². The molecule has 9 heavy (non-hydrogen) atoms. The molecule has 1 atom stereocenters. The van der Waals surface area contributed by atoms with Gasteiger partial charge in [-0.1, -0.05) is 0 Å². The molecule has 0 bridgehead atoms. The van der Waals surface area contributed by atoms with Crippen molar-refractivity contribution in [1.29, 1.82) is 0 Å². The molecule has 0 aliphatic carbocycles. The third-order valence-corrected chi connectivity index (χ3v) is 8.66. The van der Waals surface area contributed by atoms with Crippen molar-refractivity contribution >= 4 is 30.8 Å². The van der Waals surface area contributed by atoms with Crippen molar-refractivity contribution < 1.29 is 14.0 Å². The van der Waals surface area contributed by atoms with Gasteiger partial charge in [-0.25, -0.2) is 0 Å². The minimum atomic E-state index is -2.59. The first-order valence-electron chi connectivity index (χ1n) is 2.84. The number of halogens is 1. The summed E-state index contributed by atoms with van der Waals surface area (Å²) in [5.41, 5.74) is 0. The van der Waals surface area contributed by atoms with Crippen LogP contribution >= 0.6 is 0 Å². The first kappa shape index (κ1) is 7.25. The van der Waals surface area contributed by atoms with Gasteiger partial charge in [0.2, 0.25) is 0 Å². The van der Waals surface area contributed by atoms with Crippen molar-refractivity contribution in [2.24, 2.45) is 0 Å². The van der Waals surface area contributed by atoms with Crippen LogP contribution in [0.15, 0.2) is 0 Å². The Kier molecular flexibility index (Phi) is 1.94. The first-order valence-corrected chi connectivity index (χ1v) is 9.68. The van der Waals surface area contributed by atoms with Crippen LogP contribution in [0.3, 0.4) is 0 Å². The molecule has 1 saturated heterocycles. The standard InChI is InChI=1S/C4H3FO2.CH3.In/c5-2-1-4(7)3-6;;/h2H,1H2;1H3;. The minimum absolute atomic E-state index is 0.115. The average molecular weight is 232 g/mol. The summed E-state index contributed by atoms with van der Waals surface area (Å²) in [7, 11) is 0. The molecular formula is C5H6FInO2. The van der Waals surface area contributed by atoms with Crippen LogP contribution in [0.2, 0.25) is 4.68 Å². The molecule has 1 unspecified atom stereocenters. The van der Waals surface area contributed by atoms with Gasteiger partial charge in [0.05, 0.1) is 0 Å². The summed E-state index contributed by atoms with van der Waals surface area (Å²) in [6.45, 7) is 0. The van der Waals surface area contributed by atoms with E-state index in [4.69, 9.17) is 0 Å². The molecule has 0 radical (unpaired) electrons. The van der Waals surface area contributed by atoms with Crippen molar-refractivity contribution in [3.63, 3.8) is 0 Å². The quantitative estimate of drug-likeness (QED) is 0.553. The second kappa shape index (κ2) is 2.40. The third-order valence-electron chi connectivity index (χ3n) is 1.61. The van der Waals surface area contributed by atoms with Crippen molar-refractivity contribution in [3.05, 3.63) is 0 Å². The summed E-state index contributed by atoms with van der Waals surface area (Å²) in [4.78, 5) is 21.1. The van der Waals surface area contributed by atoms with E-state index in [1.165, 1.54) is 0 Å². The van der Waals surface area contributed by atoms with Crippen LogP contribution < -0.4 is 0 Å². The predicted molar refractivity (Wildman–Crippen MR) is 31.1 cm³/mol. The van der Waals surface area contributed by atoms with E-state index >= 15 is 0 Å². The normalized spacial score (nSPS) is 27.8. The Balaban J connectivity index is 2.77. The summed E-state index contributed by atoms with van der Waals surface area (Å²) in [5, 5.41) is 0. The number of ketones is 1. The molecular weight excluding hydrogens is 226 g/mol. The van der Waals surface area contributed by atoms with Crippen LogP contribution in [-0.2, 0) is 9.59 Å². The summed E-state index contributed by atoms with van der Waals surface area (Å²) in [5.74, 6) is -0.467. The Morgan fingerprint density at radius 2 is 2.22 bits per heavy atom. The van der Waals surface area contributed by atoms with Crippen LogP contribution in [-0.4, -0.2) is 34.7 Å². The fourth-order valence-corrected chi connectivity index (χ4v) is 5.22. The summed E-state index contributed by atoms with van der Waals surface area (Å²) in [6.07, 6.45) is -0.115. The monoisotopic (exact) mass is 232 g/mol. The molecule has 0 N–H and O–H groups in total. The number of hydrogen-bond acceptors (Lipinski definition) is 2. The fourth-order valence-electron chi connectivity index (χ4n) is 0.873. The first-order chi connectivity index (χ1) is 4.13. The number of carbonyl (C=O) groups excluding carboxylic acids is 2. The van der Waals surface area contributed by atoms with Gasteiger partial charge in [-0.2, -0.15) is 0 Å². The van der Waals surface area contributed by atoms with E-state index in [1.807, 2.05) is 0 Å². The molecule has 1 rings (SSSR count). The van der Waals surface area contributed by atoms with Crippen LogP contribution in [0.25, 0.3) is 0 Å². The van der Waals surface area contributed by atoms with E-state index in [0.717, 1.165) is 0 Å². The van der Waals surface area contributed by atoms with Crippen molar-refractivity contribution in [3.8, 4) is 0 Å². The molecule has 0 amide bonds. The Bertz CT molecular complexity index is 168. The van der Waals surface area contributed by atoms with Crippen molar-refractivity contribution in [2.75, 3.05) is 0 Å². The molecule has 0 aromatic heterocycles. The summed E-state index contributed by atoms with van der Waals surface area (Å²) in [6, 6.07) is 0. The van der Waals surface area contributed by atoms with Crippen molar-refractivity contribution in [1.82, 2.24) is 0 Å². The van der Waals surface area contributed by atoms with Gasteiger partial charge in [-0.15, -0.1) is 0 Å². The van der Waals surface area contributed by atoms with E-state index in [0.29, 0.717) is 0 Å². The topological polar surface area (TPSA) is 34.1 Å². The zero-order valence-electron chi connectivity index (χ0n) is 5.06. The number of carbonyl (C=O) groups is 2. The van der Waals surface area contributed by atoms with Gasteiger partial charge in [0, 0.05) is 0 Å². The zero-order valence-corrected chi connectivity index (χ0v) is 8.35. The fraction of sp³-hybridized carbons (Fsp3) is 0.600. The predicted octanol–water partition coefficient (Wildman–Crippen LogP) is 0.0694. The Hall–Kier alpha value is 0.140. The Morgan fingerprint density at radius 1 is 1.67 bits per heavy atom. The zero-order chi connectivity index (χ0) is 7.02. The van der Waals surface area contributed by atoms with Gasteiger partial charge in [-0.3, -0.25) is 0 Å². The molecule has 4 heteroatoms. The van der Waals surface area contributed by atoms with E-state index in [9.17, 15) is 14.0 Å². The number of Topliss-reactive ketones (excluding diaryl/α,β-unsaturated/α-hetero) is 1. The van der Waals surface area contributed by atoms with Gasteiger partial charge in [0.1, 0.15) is 0 Å². The SMILES string of the molecule is [CH3][In]1[C](=O)C(=O)C[CH]1F. The molecule has 0 spiro atoms. The van der Waals surface area contributed by atoms with Crippen LogP contribution in [0.5, 0.6) is 0 Å². The van der Waals surface area contributed by atoms with Gasteiger partial charge in [-0.05, 0) is 0 Å². The molecule has 48 valence electrons. The maximum atomic E-state index is 12.5. The van der Waals surface area contributed by atoms with Gasteiger partial charge in [0.15, 0.2) is 0 Å². The van der Waals surface area contributed by atoms with Crippen LogP contribution in [0.4, 0.5) is 4.39 Å². The maximum absolute atomic E-state index is 12.5. The van der Waals surface area contributed by atoms with Crippen LogP contribution in [0, 0.1) is 0 Å². The second-order valence-corrected chi connectivity index (χ2v) is 10.4. The van der Waals surface area contributed by atoms with Gasteiger partial charge < -0.3 is 0 Å². The number of alkyl halides is 1. The Labute approximate surface area is 60.0 Å². The number of hydrogen-bond donors (Lipinski definition) is 0. The number of rotatable bonds is 0. The third kappa shape index (κ3) is 1.18. The molecule has 2 nitrogen and oxygen atoms in total. The van der Waals surface area contributed by atoms with E-state index in [-0.39, 0.29) is 9.96 Å². The molecule has 0 aromatic rings. The van der Waals surface area contributed by atoms with E-state index < -0.39 is 31.1 Å². The van der Waals surface area contributed by atoms with E-state index in [2.05, 4.69) is 0 Å². The molecule has 1 fully saturated rings. The van der Waals surface area contributed by atoms with Gasteiger partial charge >= 0.3 is 59.8 Å². The van der Waals surface area contributed by atoms with Gasteiger partial charge in [0.25, 0.3) is 0 Å². The molecule has 1 aliphatic heterocycles. The van der Waals surface area contributed by atoms with E-state index in [1.54, 1.807) is 4.68 Å². The summed E-state index contributed by atoms with van der Waals surface area (Å²) >= 11 is -2.59. The molecule has 1 aliphatic rings. The molecule has 1 heterocycles. The summed E-state index contributed by atoms with van der Waals surface area (Å²) < 4.78 is 12.8. The average Bonchev–Trinajstić information content (AvgIpc) is 1.98. The second-order valence-electron chi connectivity index (χ2n) is 2.30. The Morgan fingerprint density at radius 3 is 2.33 bits per heavy atom.